The highest BCUT2D eigenvalue weighted by Crippen LogP contribution is 2.16. The number of alkyl halides is 3. The summed E-state index contributed by atoms with van der Waals surface area (Å²) < 4.78 is 45.4. The van der Waals surface area contributed by atoms with Gasteiger partial charge in [0.15, 0.2) is 0 Å². The van der Waals surface area contributed by atoms with E-state index >= 15 is 0 Å². The molecular weight excluding hydrogens is 327 g/mol. The highest BCUT2D eigenvalue weighted by atomic mass is 19.4. The van der Waals surface area contributed by atoms with Crippen molar-refractivity contribution in [2.75, 3.05) is 20.3 Å². The van der Waals surface area contributed by atoms with Crippen molar-refractivity contribution in [3.05, 3.63) is 41.0 Å². The second kappa shape index (κ2) is 8.95. The van der Waals surface area contributed by atoms with Gasteiger partial charge in [-0.25, -0.2) is 4.79 Å². The molecule has 0 bridgehead atoms. The largest absolute Gasteiger partial charge is 0.508 e. The monoisotopic (exact) mass is 345 g/mol. The summed E-state index contributed by atoms with van der Waals surface area (Å²) in [6.45, 7) is 1.74. The number of benzene rings is 1. The Labute approximate surface area is 137 Å². The van der Waals surface area contributed by atoms with Gasteiger partial charge in [-0.3, -0.25) is 4.79 Å². The molecule has 0 saturated heterocycles. The van der Waals surface area contributed by atoms with Crippen LogP contribution < -0.4 is 5.32 Å². The smallest absolute Gasteiger partial charge is 0.438 e. The molecule has 0 spiro atoms. The maximum absolute atomic E-state index is 12.1. The lowest BCUT2D eigenvalue weighted by Gasteiger charge is -2.10. The van der Waals surface area contributed by atoms with E-state index in [4.69, 9.17) is 4.74 Å². The van der Waals surface area contributed by atoms with Crippen molar-refractivity contribution in [3.63, 3.8) is 0 Å². The van der Waals surface area contributed by atoms with Gasteiger partial charge in [-0.15, -0.1) is 0 Å². The minimum atomic E-state index is -4.89. The Bertz CT molecular complexity index is 612. The lowest BCUT2D eigenvalue weighted by atomic mass is 10.0. The van der Waals surface area contributed by atoms with Crippen LogP contribution in [0.1, 0.15) is 16.7 Å². The number of methoxy groups -OCH3 is 1. The van der Waals surface area contributed by atoms with Gasteiger partial charge in [0.05, 0.1) is 7.11 Å². The van der Waals surface area contributed by atoms with Crippen LogP contribution in [0, 0.1) is 6.92 Å². The molecule has 0 aliphatic rings. The zero-order valence-corrected chi connectivity index (χ0v) is 13.3. The minimum absolute atomic E-state index is 0.00483. The van der Waals surface area contributed by atoms with Gasteiger partial charge in [-0.1, -0.05) is 29.8 Å². The van der Waals surface area contributed by atoms with E-state index in [2.05, 4.69) is 4.74 Å². The fraction of sp³-hybridized carbons (Fsp3) is 0.375. The Balaban J connectivity index is 2.66. The van der Waals surface area contributed by atoms with Crippen molar-refractivity contribution in [3.8, 4) is 0 Å². The molecule has 132 valence electrons. The van der Waals surface area contributed by atoms with Gasteiger partial charge >= 0.3 is 18.2 Å². The summed E-state index contributed by atoms with van der Waals surface area (Å²) in [4.78, 5) is 21.6. The van der Waals surface area contributed by atoms with Gasteiger partial charge in [0.1, 0.15) is 6.61 Å². The average Bonchev–Trinajstić information content (AvgIpc) is 2.52. The standard InChI is InChI=1S/C16H18F3NO4/c1-11-5-6-12(7-8-20-14(21)16(17,18)19)13(10-11)4-3-9-24-15(22)23-2/h3-6,10H,7-9H2,1-2H3,(H,20,21)/b4-3+. The molecule has 5 nitrogen and oxygen atoms in total. The zero-order chi connectivity index (χ0) is 18.2. The minimum Gasteiger partial charge on any atom is -0.438 e. The number of aryl methyl sites for hydroxylation is 1. The summed E-state index contributed by atoms with van der Waals surface area (Å²) in [5, 5.41) is 1.83. The predicted octanol–water partition coefficient (Wildman–Crippen LogP) is 3.01. The molecule has 0 fully saturated rings. The Morgan fingerprint density at radius 3 is 2.62 bits per heavy atom. The highest BCUT2D eigenvalue weighted by Gasteiger charge is 2.38. The number of carbonyl (C=O) groups excluding carboxylic acids is 2. The van der Waals surface area contributed by atoms with Gasteiger partial charge in [0.25, 0.3) is 0 Å². The predicted molar refractivity (Wildman–Crippen MR) is 81.3 cm³/mol. The van der Waals surface area contributed by atoms with E-state index in [0.717, 1.165) is 16.7 Å². The van der Waals surface area contributed by atoms with Gasteiger partial charge < -0.3 is 14.8 Å². The first-order valence-electron chi connectivity index (χ1n) is 7.06. The van der Waals surface area contributed by atoms with E-state index < -0.39 is 18.2 Å². The molecule has 0 aromatic heterocycles. The molecule has 0 radical (unpaired) electrons. The topological polar surface area (TPSA) is 64.6 Å². The molecule has 0 aliphatic carbocycles. The first kappa shape index (κ1) is 19.5. The highest BCUT2D eigenvalue weighted by molar-refractivity contribution is 5.81. The second-order valence-corrected chi connectivity index (χ2v) is 4.87. The molecule has 0 saturated carbocycles. The van der Waals surface area contributed by atoms with Gasteiger partial charge in [0.2, 0.25) is 0 Å². The molecule has 1 amide bonds. The Hall–Kier alpha value is -2.51. The number of nitrogens with one attached hydrogen (secondary N) is 1. The van der Waals surface area contributed by atoms with Gasteiger partial charge in [-0.05, 0) is 30.5 Å². The molecule has 1 rings (SSSR count). The second-order valence-electron chi connectivity index (χ2n) is 4.87. The van der Waals surface area contributed by atoms with Crippen LogP contribution in [0.25, 0.3) is 6.08 Å². The summed E-state index contributed by atoms with van der Waals surface area (Å²) in [7, 11) is 1.19. The molecule has 1 aromatic rings. The number of hydrogen-bond acceptors (Lipinski definition) is 4. The van der Waals surface area contributed by atoms with E-state index in [1.54, 1.807) is 18.2 Å². The molecule has 0 heterocycles. The lowest BCUT2D eigenvalue weighted by molar-refractivity contribution is -0.173. The average molecular weight is 345 g/mol. The first-order valence-corrected chi connectivity index (χ1v) is 7.06. The van der Waals surface area contributed by atoms with Crippen LogP contribution in [0.3, 0.4) is 0 Å². The molecule has 0 aliphatic heterocycles. The molecule has 0 unspecified atom stereocenters. The number of halogens is 3. The molecule has 0 atom stereocenters. The Kier molecular flexibility index (Phi) is 7.29. The van der Waals surface area contributed by atoms with E-state index in [1.165, 1.54) is 7.11 Å². The van der Waals surface area contributed by atoms with Crippen LogP contribution in [0.2, 0.25) is 0 Å². The third-order valence-electron chi connectivity index (χ3n) is 3.00. The SMILES string of the molecule is COC(=O)OC/C=C/c1cc(C)ccc1CCNC(=O)C(F)(F)F. The molecule has 24 heavy (non-hydrogen) atoms. The van der Waals surface area contributed by atoms with Crippen molar-refractivity contribution in [2.45, 2.75) is 19.5 Å². The number of ether oxygens (including phenoxy) is 2. The van der Waals surface area contributed by atoms with Crippen LogP contribution in [0.5, 0.6) is 0 Å². The van der Waals surface area contributed by atoms with Crippen molar-refractivity contribution >= 4 is 18.1 Å². The lowest BCUT2D eigenvalue weighted by Crippen LogP contribution is -2.37. The fourth-order valence-corrected chi connectivity index (χ4v) is 1.86. The van der Waals surface area contributed by atoms with Gasteiger partial charge in [0, 0.05) is 6.54 Å². The maximum Gasteiger partial charge on any atom is 0.508 e. The van der Waals surface area contributed by atoms with Crippen LogP contribution in [0.15, 0.2) is 24.3 Å². The zero-order valence-electron chi connectivity index (χ0n) is 13.3. The van der Waals surface area contributed by atoms with Gasteiger partial charge in [-0.2, -0.15) is 13.2 Å². The summed E-state index contributed by atoms with van der Waals surface area (Å²) in [5.41, 5.74) is 2.49. The molecule has 8 heteroatoms. The third kappa shape index (κ3) is 6.72. The maximum atomic E-state index is 12.1. The van der Waals surface area contributed by atoms with Crippen LogP contribution in [-0.2, 0) is 20.7 Å². The number of rotatable bonds is 6. The van der Waals surface area contributed by atoms with E-state index in [-0.39, 0.29) is 19.6 Å². The van der Waals surface area contributed by atoms with E-state index in [9.17, 15) is 22.8 Å². The number of carbonyl (C=O) groups is 2. The molecular formula is C16H18F3NO4. The normalized spacial score (nSPS) is 11.4. The van der Waals surface area contributed by atoms with Crippen molar-refractivity contribution < 1.29 is 32.2 Å². The fourth-order valence-electron chi connectivity index (χ4n) is 1.86. The van der Waals surface area contributed by atoms with Crippen molar-refractivity contribution in [2.24, 2.45) is 0 Å². The number of amides is 1. The van der Waals surface area contributed by atoms with Crippen molar-refractivity contribution in [1.82, 2.24) is 5.32 Å². The summed E-state index contributed by atoms with van der Waals surface area (Å²) in [6.07, 6.45) is -2.18. The summed E-state index contributed by atoms with van der Waals surface area (Å²) >= 11 is 0. The van der Waals surface area contributed by atoms with E-state index in [0.29, 0.717) is 0 Å². The molecule has 1 aromatic carbocycles. The van der Waals surface area contributed by atoms with Crippen LogP contribution in [0.4, 0.5) is 18.0 Å². The summed E-state index contributed by atoms with van der Waals surface area (Å²) in [6, 6.07) is 5.44. The molecule has 1 N–H and O–H groups in total. The quantitative estimate of drug-likeness (QED) is 0.805. The third-order valence-corrected chi connectivity index (χ3v) is 3.00. The van der Waals surface area contributed by atoms with E-state index in [1.807, 2.05) is 24.4 Å². The number of hydrogen-bond donors (Lipinski definition) is 1. The Morgan fingerprint density at radius 1 is 1.29 bits per heavy atom. The van der Waals surface area contributed by atoms with Crippen molar-refractivity contribution in [1.29, 1.82) is 0 Å². The first-order chi connectivity index (χ1) is 11.2. The van der Waals surface area contributed by atoms with Crippen LogP contribution >= 0.6 is 0 Å². The summed E-state index contributed by atoms with van der Waals surface area (Å²) in [5.74, 6) is -1.96. The van der Waals surface area contributed by atoms with Crippen LogP contribution in [-0.4, -0.2) is 38.5 Å². The Morgan fingerprint density at radius 2 is 2.00 bits per heavy atom.